The molecule has 0 radical (unpaired) electrons. The number of hydrogen-bond donors (Lipinski definition) is 1. The lowest BCUT2D eigenvalue weighted by Crippen LogP contribution is -2.07. The number of nitrogens with one attached hydrogen (secondary N) is 1. The Balaban J connectivity index is 3.01. The van der Waals surface area contributed by atoms with Gasteiger partial charge >= 0.3 is 0 Å². The third-order valence-corrected chi connectivity index (χ3v) is 2.04. The Morgan fingerprint density at radius 1 is 1.57 bits per heavy atom. The van der Waals surface area contributed by atoms with Gasteiger partial charge in [-0.05, 0) is 17.7 Å². The second-order valence-corrected chi connectivity index (χ2v) is 3.12. The molecule has 0 aliphatic carbocycles. The average Bonchev–Trinajstić information content (AvgIpc) is 2.16. The number of anilines is 1. The van der Waals surface area contributed by atoms with Crippen LogP contribution < -0.4 is 10.1 Å². The monoisotopic (exact) mass is 213 g/mol. The van der Waals surface area contributed by atoms with Crippen molar-refractivity contribution in [2.45, 2.75) is 12.8 Å². The van der Waals surface area contributed by atoms with Crippen molar-refractivity contribution in [3.05, 3.63) is 23.8 Å². The summed E-state index contributed by atoms with van der Waals surface area (Å²) in [7, 11) is 1.56. The van der Waals surface area contributed by atoms with Crippen LogP contribution in [0.3, 0.4) is 0 Å². The van der Waals surface area contributed by atoms with Gasteiger partial charge in [0.2, 0.25) is 5.91 Å². The first-order chi connectivity index (χ1) is 6.67. The van der Waals surface area contributed by atoms with Crippen LogP contribution in [0.4, 0.5) is 5.69 Å². The first kappa shape index (κ1) is 10.9. The van der Waals surface area contributed by atoms with Gasteiger partial charge in [-0.2, -0.15) is 0 Å². The van der Waals surface area contributed by atoms with Crippen LogP contribution in [0.2, 0.25) is 0 Å². The minimum atomic E-state index is -0.130. The zero-order chi connectivity index (χ0) is 10.6. The van der Waals surface area contributed by atoms with E-state index in [0.717, 1.165) is 5.56 Å². The number of carbonyl (C=O) groups excluding carboxylic acids is 1. The standard InChI is InChI=1S/C10H12ClNO2/c1-7(13)12-9-5-8(6-11)3-4-10(9)14-2/h3-5H,6H2,1-2H3,(H,12,13). The van der Waals surface area contributed by atoms with Crippen LogP contribution in [0.5, 0.6) is 5.75 Å². The van der Waals surface area contributed by atoms with Gasteiger partial charge in [0.25, 0.3) is 0 Å². The first-order valence-electron chi connectivity index (χ1n) is 4.18. The van der Waals surface area contributed by atoms with Crippen LogP contribution in [0.25, 0.3) is 0 Å². The molecule has 0 saturated carbocycles. The highest BCUT2D eigenvalue weighted by atomic mass is 35.5. The van der Waals surface area contributed by atoms with E-state index >= 15 is 0 Å². The Morgan fingerprint density at radius 3 is 2.79 bits per heavy atom. The number of ether oxygens (including phenoxy) is 1. The molecule has 0 heterocycles. The zero-order valence-corrected chi connectivity index (χ0v) is 8.89. The maximum absolute atomic E-state index is 10.9. The van der Waals surface area contributed by atoms with Crippen molar-refractivity contribution in [2.24, 2.45) is 0 Å². The SMILES string of the molecule is COc1ccc(CCl)cc1NC(C)=O. The Hall–Kier alpha value is -1.22. The molecular weight excluding hydrogens is 202 g/mol. The summed E-state index contributed by atoms with van der Waals surface area (Å²) in [4.78, 5) is 10.9. The number of amides is 1. The molecule has 0 fully saturated rings. The second kappa shape index (κ2) is 4.86. The van der Waals surface area contributed by atoms with E-state index in [4.69, 9.17) is 16.3 Å². The molecule has 14 heavy (non-hydrogen) atoms. The van der Waals surface area contributed by atoms with Crippen molar-refractivity contribution in [2.75, 3.05) is 12.4 Å². The molecule has 4 heteroatoms. The van der Waals surface area contributed by atoms with Gasteiger partial charge in [0, 0.05) is 12.8 Å². The van der Waals surface area contributed by atoms with Crippen molar-refractivity contribution < 1.29 is 9.53 Å². The molecule has 1 rings (SSSR count). The molecule has 76 valence electrons. The predicted molar refractivity (Wildman–Crippen MR) is 56.9 cm³/mol. The number of halogens is 1. The van der Waals surface area contributed by atoms with Gasteiger partial charge in [0.15, 0.2) is 0 Å². The van der Waals surface area contributed by atoms with Crippen molar-refractivity contribution in [1.29, 1.82) is 0 Å². The molecule has 1 N–H and O–H groups in total. The molecule has 0 bridgehead atoms. The van der Waals surface area contributed by atoms with Gasteiger partial charge in [0.05, 0.1) is 12.8 Å². The predicted octanol–water partition coefficient (Wildman–Crippen LogP) is 2.39. The normalized spacial score (nSPS) is 9.64. The van der Waals surface area contributed by atoms with Crippen LogP contribution in [-0.4, -0.2) is 13.0 Å². The fraction of sp³-hybridized carbons (Fsp3) is 0.300. The van der Waals surface area contributed by atoms with Crippen molar-refractivity contribution >= 4 is 23.2 Å². The van der Waals surface area contributed by atoms with Gasteiger partial charge in [-0.15, -0.1) is 11.6 Å². The summed E-state index contributed by atoms with van der Waals surface area (Å²) in [6.45, 7) is 1.45. The van der Waals surface area contributed by atoms with Crippen LogP contribution in [0.15, 0.2) is 18.2 Å². The van der Waals surface area contributed by atoms with Crippen LogP contribution in [-0.2, 0) is 10.7 Å². The van der Waals surface area contributed by atoms with Crippen LogP contribution in [0, 0.1) is 0 Å². The van der Waals surface area contributed by atoms with Gasteiger partial charge in [-0.3, -0.25) is 4.79 Å². The van der Waals surface area contributed by atoms with E-state index < -0.39 is 0 Å². The summed E-state index contributed by atoms with van der Waals surface area (Å²) < 4.78 is 5.09. The Morgan fingerprint density at radius 2 is 2.29 bits per heavy atom. The lowest BCUT2D eigenvalue weighted by molar-refractivity contribution is -0.114. The maximum atomic E-state index is 10.9. The molecule has 1 aromatic rings. The maximum Gasteiger partial charge on any atom is 0.221 e. The third-order valence-electron chi connectivity index (χ3n) is 1.73. The minimum Gasteiger partial charge on any atom is -0.495 e. The quantitative estimate of drug-likeness (QED) is 0.783. The summed E-state index contributed by atoms with van der Waals surface area (Å²) >= 11 is 5.68. The summed E-state index contributed by atoms with van der Waals surface area (Å²) in [5, 5.41) is 2.68. The lowest BCUT2D eigenvalue weighted by Gasteiger charge is -2.09. The van der Waals surface area contributed by atoms with E-state index in [9.17, 15) is 4.79 Å². The highest BCUT2D eigenvalue weighted by molar-refractivity contribution is 6.17. The Bertz CT molecular complexity index is 339. The number of alkyl halides is 1. The summed E-state index contributed by atoms with van der Waals surface area (Å²) in [6, 6.07) is 5.44. The second-order valence-electron chi connectivity index (χ2n) is 2.85. The molecule has 3 nitrogen and oxygen atoms in total. The summed E-state index contributed by atoms with van der Waals surface area (Å²) in [5.41, 5.74) is 1.59. The first-order valence-corrected chi connectivity index (χ1v) is 4.71. The number of methoxy groups -OCH3 is 1. The van der Waals surface area contributed by atoms with Gasteiger partial charge < -0.3 is 10.1 Å². The fourth-order valence-corrected chi connectivity index (χ4v) is 1.29. The summed E-state index contributed by atoms with van der Waals surface area (Å²) in [6.07, 6.45) is 0. The molecule has 0 atom stereocenters. The minimum absolute atomic E-state index is 0.130. The zero-order valence-electron chi connectivity index (χ0n) is 8.13. The Labute approximate surface area is 88.0 Å². The number of hydrogen-bond acceptors (Lipinski definition) is 2. The van der Waals surface area contributed by atoms with Crippen LogP contribution in [0.1, 0.15) is 12.5 Å². The molecule has 0 spiro atoms. The smallest absolute Gasteiger partial charge is 0.221 e. The average molecular weight is 214 g/mol. The number of benzene rings is 1. The highest BCUT2D eigenvalue weighted by Crippen LogP contribution is 2.25. The molecule has 0 aliphatic heterocycles. The Kier molecular flexibility index (Phi) is 3.77. The molecule has 0 aliphatic rings. The molecular formula is C10H12ClNO2. The lowest BCUT2D eigenvalue weighted by atomic mass is 10.2. The van der Waals surface area contributed by atoms with E-state index in [1.54, 1.807) is 19.2 Å². The summed E-state index contributed by atoms with van der Waals surface area (Å²) in [5.74, 6) is 0.917. The molecule has 1 aromatic carbocycles. The van der Waals surface area contributed by atoms with Crippen molar-refractivity contribution in [1.82, 2.24) is 0 Å². The molecule has 0 unspecified atom stereocenters. The number of carbonyl (C=O) groups is 1. The molecule has 0 saturated heterocycles. The van der Waals surface area contributed by atoms with Crippen molar-refractivity contribution in [3.63, 3.8) is 0 Å². The van der Waals surface area contributed by atoms with Gasteiger partial charge in [-0.25, -0.2) is 0 Å². The van der Waals surface area contributed by atoms with E-state index in [-0.39, 0.29) is 5.91 Å². The van der Waals surface area contributed by atoms with E-state index in [2.05, 4.69) is 5.32 Å². The molecule has 1 amide bonds. The van der Waals surface area contributed by atoms with E-state index in [1.807, 2.05) is 6.07 Å². The van der Waals surface area contributed by atoms with Crippen molar-refractivity contribution in [3.8, 4) is 5.75 Å². The van der Waals surface area contributed by atoms with E-state index in [0.29, 0.717) is 17.3 Å². The number of rotatable bonds is 3. The van der Waals surface area contributed by atoms with Gasteiger partial charge in [-0.1, -0.05) is 6.07 Å². The highest BCUT2D eigenvalue weighted by Gasteiger charge is 2.04. The third kappa shape index (κ3) is 2.64. The van der Waals surface area contributed by atoms with Gasteiger partial charge in [0.1, 0.15) is 5.75 Å². The molecule has 0 aromatic heterocycles. The topological polar surface area (TPSA) is 38.3 Å². The largest absolute Gasteiger partial charge is 0.495 e. The van der Waals surface area contributed by atoms with Crippen LogP contribution >= 0.6 is 11.6 Å². The van der Waals surface area contributed by atoms with E-state index in [1.165, 1.54) is 6.92 Å². The fourth-order valence-electron chi connectivity index (χ4n) is 1.13.